The van der Waals surface area contributed by atoms with Crippen LogP contribution in [0.5, 0.6) is 0 Å². The minimum Gasteiger partial charge on any atom is -0.353 e. The number of carbonyl (C=O) groups is 1. The van der Waals surface area contributed by atoms with Gasteiger partial charge in [-0.1, -0.05) is 55.8 Å². The summed E-state index contributed by atoms with van der Waals surface area (Å²) in [6.07, 6.45) is 6.46. The second-order valence-electron chi connectivity index (χ2n) is 7.46. The number of aromatic nitrogens is 2. The summed E-state index contributed by atoms with van der Waals surface area (Å²) in [6.45, 7) is 7.62. The quantitative estimate of drug-likeness (QED) is 0.689. The molecule has 1 aliphatic heterocycles. The highest BCUT2D eigenvalue weighted by atomic mass is 16.2. The molecule has 0 spiro atoms. The third-order valence-electron chi connectivity index (χ3n) is 5.23. The van der Waals surface area contributed by atoms with E-state index < -0.39 is 0 Å². The summed E-state index contributed by atoms with van der Waals surface area (Å²) >= 11 is 0. The molecule has 29 heavy (non-hydrogen) atoms. The predicted molar refractivity (Wildman–Crippen MR) is 118 cm³/mol. The van der Waals surface area contributed by atoms with E-state index >= 15 is 0 Å². The molecule has 6 nitrogen and oxygen atoms in total. The van der Waals surface area contributed by atoms with Gasteiger partial charge in [-0.25, -0.2) is 0 Å². The maximum atomic E-state index is 12.4. The second-order valence-corrected chi connectivity index (χ2v) is 7.46. The lowest BCUT2D eigenvalue weighted by Gasteiger charge is -2.34. The van der Waals surface area contributed by atoms with Crippen LogP contribution in [0.1, 0.15) is 35.8 Å². The van der Waals surface area contributed by atoms with Crippen LogP contribution >= 0.6 is 0 Å². The van der Waals surface area contributed by atoms with Crippen LogP contribution in [0.15, 0.2) is 48.5 Å². The van der Waals surface area contributed by atoms with Crippen molar-refractivity contribution in [3.63, 3.8) is 0 Å². The molecule has 2 heterocycles. The van der Waals surface area contributed by atoms with Crippen molar-refractivity contribution in [3.05, 3.63) is 59.8 Å². The van der Waals surface area contributed by atoms with Gasteiger partial charge < -0.3 is 9.80 Å². The molecule has 1 saturated heterocycles. The van der Waals surface area contributed by atoms with Crippen LogP contribution in [0.4, 0.5) is 5.82 Å². The van der Waals surface area contributed by atoms with Crippen LogP contribution in [-0.4, -0.2) is 72.2 Å². The molecule has 0 bridgehead atoms. The summed E-state index contributed by atoms with van der Waals surface area (Å²) in [7, 11) is 1.82. The highest BCUT2D eigenvalue weighted by molar-refractivity contribution is 5.92. The van der Waals surface area contributed by atoms with Crippen molar-refractivity contribution in [1.29, 1.82) is 0 Å². The number of hydrogen-bond donors (Lipinski definition) is 0. The largest absolute Gasteiger partial charge is 0.353 e. The lowest BCUT2D eigenvalue weighted by Crippen LogP contribution is -2.46. The summed E-state index contributed by atoms with van der Waals surface area (Å²) in [5, 5.41) is 8.49. The van der Waals surface area contributed by atoms with Crippen LogP contribution < -0.4 is 4.90 Å². The van der Waals surface area contributed by atoms with Gasteiger partial charge in [0.25, 0.3) is 5.91 Å². The van der Waals surface area contributed by atoms with Gasteiger partial charge in [0.2, 0.25) is 0 Å². The zero-order valence-electron chi connectivity index (χ0n) is 17.5. The van der Waals surface area contributed by atoms with Crippen LogP contribution in [-0.2, 0) is 0 Å². The van der Waals surface area contributed by atoms with Crippen LogP contribution in [0.2, 0.25) is 0 Å². The lowest BCUT2D eigenvalue weighted by molar-refractivity contribution is 0.0786. The number of benzene rings is 1. The molecular formula is C23H31N5O. The highest BCUT2D eigenvalue weighted by Gasteiger charge is 2.19. The number of piperazine rings is 1. The molecule has 0 unspecified atom stereocenters. The Kier molecular flexibility index (Phi) is 7.76. The molecule has 0 radical (unpaired) electrons. The fraction of sp³-hybridized carbons (Fsp3) is 0.435. The third kappa shape index (κ3) is 6.12. The zero-order chi connectivity index (χ0) is 20.5. The van der Waals surface area contributed by atoms with Crippen LogP contribution in [0.3, 0.4) is 0 Å². The molecule has 0 atom stereocenters. The van der Waals surface area contributed by atoms with E-state index in [2.05, 4.69) is 63.3 Å². The topological polar surface area (TPSA) is 52.6 Å². The monoisotopic (exact) mass is 393 g/mol. The summed E-state index contributed by atoms with van der Waals surface area (Å²) < 4.78 is 0. The lowest BCUT2D eigenvalue weighted by atomic mass is 10.2. The normalized spacial score (nSPS) is 15.0. The first-order valence-corrected chi connectivity index (χ1v) is 10.5. The minimum atomic E-state index is -0.0625. The fourth-order valence-corrected chi connectivity index (χ4v) is 3.36. The molecule has 154 valence electrons. The number of hydrogen-bond acceptors (Lipinski definition) is 5. The maximum absolute atomic E-state index is 12.4. The molecule has 3 rings (SSSR count). The second kappa shape index (κ2) is 10.7. The number of amides is 1. The van der Waals surface area contributed by atoms with Crippen molar-refractivity contribution in [2.75, 3.05) is 51.2 Å². The van der Waals surface area contributed by atoms with Gasteiger partial charge in [0.05, 0.1) is 0 Å². The van der Waals surface area contributed by atoms with Crippen molar-refractivity contribution in [2.24, 2.45) is 0 Å². The van der Waals surface area contributed by atoms with Gasteiger partial charge in [0, 0.05) is 46.3 Å². The van der Waals surface area contributed by atoms with Gasteiger partial charge in [0.15, 0.2) is 11.5 Å². The Balaban J connectivity index is 1.47. The van der Waals surface area contributed by atoms with Gasteiger partial charge in [-0.15, -0.1) is 10.2 Å². The van der Waals surface area contributed by atoms with Gasteiger partial charge in [0.1, 0.15) is 0 Å². The maximum Gasteiger partial charge on any atom is 0.274 e. The molecule has 2 aromatic rings. The van der Waals surface area contributed by atoms with Crippen molar-refractivity contribution in [3.8, 4) is 0 Å². The first-order valence-electron chi connectivity index (χ1n) is 10.5. The number of unbranched alkanes of at least 4 members (excludes halogenated alkanes) is 1. The summed E-state index contributed by atoms with van der Waals surface area (Å²) in [6, 6.07) is 14.1. The molecule has 1 aromatic heterocycles. The Labute approximate surface area is 173 Å². The number of anilines is 1. The highest BCUT2D eigenvalue weighted by Crippen LogP contribution is 2.14. The Bertz CT molecular complexity index is 783. The van der Waals surface area contributed by atoms with Crippen molar-refractivity contribution >= 4 is 17.8 Å². The van der Waals surface area contributed by atoms with E-state index in [0.717, 1.165) is 57.9 Å². The molecule has 0 N–H and O–H groups in total. The first-order chi connectivity index (χ1) is 14.2. The van der Waals surface area contributed by atoms with E-state index in [1.807, 2.05) is 19.2 Å². The molecule has 6 heteroatoms. The molecule has 0 aliphatic carbocycles. The van der Waals surface area contributed by atoms with Crippen LogP contribution in [0.25, 0.3) is 6.08 Å². The Morgan fingerprint density at radius 2 is 1.83 bits per heavy atom. The van der Waals surface area contributed by atoms with E-state index in [1.54, 1.807) is 11.0 Å². The van der Waals surface area contributed by atoms with E-state index in [9.17, 15) is 4.79 Å². The minimum absolute atomic E-state index is 0.0625. The Morgan fingerprint density at radius 3 is 2.48 bits per heavy atom. The van der Waals surface area contributed by atoms with E-state index in [0.29, 0.717) is 5.69 Å². The number of rotatable bonds is 8. The molecule has 1 aromatic carbocycles. The standard InChI is InChI=1S/C23H31N5O/c1-3-4-14-26(2)23(29)21-12-13-22(25-24-21)28-18-16-27(17-19-28)15-8-11-20-9-6-5-7-10-20/h5-13H,3-4,14-19H2,1-2H3/b11-8+. The van der Waals surface area contributed by atoms with Crippen molar-refractivity contribution < 1.29 is 4.79 Å². The third-order valence-corrected chi connectivity index (χ3v) is 5.23. The summed E-state index contributed by atoms with van der Waals surface area (Å²) in [5.41, 5.74) is 1.65. The van der Waals surface area contributed by atoms with Gasteiger partial charge in [-0.3, -0.25) is 9.69 Å². The number of nitrogens with zero attached hydrogens (tertiary/aromatic N) is 5. The van der Waals surface area contributed by atoms with Gasteiger partial charge in [-0.05, 0) is 24.1 Å². The smallest absolute Gasteiger partial charge is 0.274 e. The van der Waals surface area contributed by atoms with E-state index in [1.165, 1.54) is 5.56 Å². The molecule has 1 amide bonds. The summed E-state index contributed by atoms with van der Waals surface area (Å²) in [5.74, 6) is 0.782. The Morgan fingerprint density at radius 1 is 1.07 bits per heavy atom. The molecule has 1 fully saturated rings. The zero-order valence-corrected chi connectivity index (χ0v) is 17.5. The van der Waals surface area contributed by atoms with E-state index in [-0.39, 0.29) is 5.91 Å². The van der Waals surface area contributed by atoms with E-state index in [4.69, 9.17) is 0 Å². The first kappa shape index (κ1) is 21.0. The fourth-order valence-electron chi connectivity index (χ4n) is 3.36. The molecule has 1 aliphatic rings. The predicted octanol–water partition coefficient (Wildman–Crippen LogP) is 3.18. The summed E-state index contributed by atoms with van der Waals surface area (Å²) in [4.78, 5) is 18.8. The van der Waals surface area contributed by atoms with Crippen LogP contribution in [0, 0.1) is 0 Å². The SMILES string of the molecule is CCCCN(C)C(=O)c1ccc(N2CCN(C/C=C/c3ccccc3)CC2)nn1. The van der Waals surface area contributed by atoms with Crippen molar-refractivity contribution in [1.82, 2.24) is 20.0 Å². The number of carbonyl (C=O) groups excluding carboxylic acids is 1. The Hall–Kier alpha value is -2.73. The van der Waals surface area contributed by atoms with Crippen molar-refractivity contribution in [2.45, 2.75) is 19.8 Å². The average molecular weight is 394 g/mol. The van der Waals surface area contributed by atoms with Gasteiger partial charge >= 0.3 is 0 Å². The average Bonchev–Trinajstić information content (AvgIpc) is 2.78. The molecule has 0 saturated carbocycles. The molecular weight excluding hydrogens is 362 g/mol. The van der Waals surface area contributed by atoms with Gasteiger partial charge in [-0.2, -0.15) is 0 Å².